The van der Waals surface area contributed by atoms with Gasteiger partial charge in [-0.2, -0.15) is 0 Å². The number of rotatable bonds is 0. The number of aryl methyl sites for hydroxylation is 1. The predicted molar refractivity (Wildman–Crippen MR) is 84.7 cm³/mol. The van der Waals surface area contributed by atoms with E-state index in [-0.39, 0.29) is 10.8 Å². The van der Waals surface area contributed by atoms with Gasteiger partial charge in [0.15, 0.2) is 0 Å². The second-order valence-corrected chi connectivity index (χ2v) is 7.15. The van der Waals surface area contributed by atoms with Crippen LogP contribution in [0.15, 0.2) is 30.5 Å². The van der Waals surface area contributed by atoms with E-state index >= 15 is 0 Å². The Balaban J connectivity index is 2.46. The van der Waals surface area contributed by atoms with Gasteiger partial charge in [-0.25, -0.2) is 0 Å². The van der Waals surface area contributed by atoms with E-state index in [4.69, 9.17) is 16.6 Å². The number of aromatic nitrogens is 1. The topological polar surface area (TPSA) is 12.9 Å². The van der Waals surface area contributed by atoms with E-state index in [2.05, 4.69) is 52.0 Å². The van der Waals surface area contributed by atoms with Crippen LogP contribution in [-0.4, -0.2) is 4.98 Å². The van der Waals surface area contributed by atoms with Crippen molar-refractivity contribution >= 4 is 11.6 Å². The van der Waals surface area contributed by atoms with Crippen LogP contribution in [0, 0.1) is 6.92 Å². The van der Waals surface area contributed by atoms with Gasteiger partial charge in [-0.15, -0.1) is 0 Å². The molecule has 0 saturated carbocycles. The van der Waals surface area contributed by atoms with E-state index < -0.39 is 0 Å². The zero-order valence-electron chi connectivity index (χ0n) is 12.7. The summed E-state index contributed by atoms with van der Waals surface area (Å²) < 4.78 is 0. The number of nitrogens with zero attached hydrogens (tertiary/aromatic N) is 1. The molecule has 0 radical (unpaired) electrons. The molecule has 0 spiro atoms. The monoisotopic (exact) mass is 285 g/mol. The van der Waals surface area contributed by atoms with Gasteiger partial charge in [0.2, 0.25) is 0 Å². The number of hydrogen-bond donors (Lipinski definition) is 0. The second-order valence-electron chi connectivity index (χ2n) is 6.77. The van der Waals surface area contributed by atoms with Crippen molar-refractivity contribution in [1.82, 2.24) is 4.98 Å². The van der Waals surface area contributed by atoms with Gasteiger partial charge in [-0.05, 0) is 23.6 Å². The molecule has 2 heteroatoms. The fourth-order valence-electron chi connectivity index (χ4n) is 3.46. The molecule has 20 heavy (non-hydrogen) atoms. The van der Waals surface area contributed by atoms with Crippen LogP contribution < -0.4 is 0 Å². The molecule has 0 saturated heterocycles. The summed E-state index contributed by atoms with van der Waals surface area (Å²) in [5.41, 5.74) is 5.82. The minimum atomic E-state index is -0.114. The highest BCUT2D eigenvalue weighted by Gasteiger charge is 2.43. The van der Waals surface area contributed by atoms with Crippen LogP contribution in [0.3, 0.4) is 0 Å². The van der Waals surface area contributed by atoms with Gasteiger partial charge in [0, 0.05) is 22.6 Å². The lowest BCUT2D eigenvalue weighted by Crippen LogP contribution is -2.37. The van der Waals surface area contributed by atoms with Crippen molar-refractivity contribution in [3.05, 3.63) is 63.4 Å². The molecule has 1 aromatic heterocycles. The highest BCUT2D eigenvalue weighted by Crippen LogP contribution is 2.51. The first kappa shape index (κ1) is 13.6. The van der Waals surface area contributed by atoms with Gasteiger partial charge in [0.1, 0.15) is 0 Å². The van der Waals surface area contributed by atoms with E-state index in [1.165, 1.54) is 16.7 Å². The molecule has 0 unspecified atom stereocenters. The fourth-order valence-corrected chi connectivity index (χ4v) is 3.84. The van der Waals surface area contributed by atoms with Gasteiger partial charge >= 0.3 is 0 Å². The standard InChI is InChI=1S/C18H20ClN/c1-11-10-20-16-14(15(11)19)17(2,3)12-8-6-7-9-13(12)18(16,4)5/h6-10H,1-5H3. The molecule has 1 aromatic carbocycles. The summed E-state index contributed by atoms with van der Waals surface area (Å²) in [5.74, 6) is 0. The molecule has 3 rings (SSSR count). The average Bonchev–Trinajstić information content (AvgIpc) is 2.40. The molecule has 1 nitrogen and oxygen atoms in total. The van der Waals surface area contributed by atoms with Crippen molar-refractivity contribution in [2.45, 2.75) is 45.4 Å². The maximum atomic E-state index is 6.65. The summed E-state index contributed by atoms with van der Waals surface area (Å²) in [6, 6.07) is 8.66. The summed E-state index contributed by atoms with van der Waals surface area (Å²) in [4.78, 5) is 4.74. The Bertz CT molecular complexity index is 699. The van der Waals surface area contributed by atoms with Crippen molar-refractivity contribution in [2.24, 2.45) is 0 Å². The highest BCUT2D eigenvalue weighted by atomic mass is 35.5. The Kier molecular flexibility index (Phi) is 2.78. The van der Waals surface area contributed by atoms with E-state index in [1.807, 2.05) is 13.1 Å². The van der Waals surface area contributed by atoms with Crippen molar-refractivity contribution in [3.63, 3.8) is 0 Å². The quantitative estimate of drug-likeness (QED) is 0.663. The summed E-state index contributed by atoms with van der Waals surface area (Å²) in [5, 5.41) is 0.863. The Morgan fingerprint density at radius 2 is 1.50 bits per heavy atom. The van der Waals surface area contributed by atoms with Gasteiger partial charge in [-0.1, -0.05) is 63.6 Å². The third-order valence-electron chi connectivity index (χ3n) is 4.68. The van der Waals surface area contributed by atoms with Crippen molar-refractivity contribution in [3.8, 4) is 0 Å². The molecule has 0 fully saturated rings. The number of halogens is 1. The second kappa shape index (κ2) is 4.08. The third kappa shape index (κ3) is 1.59. The average molecular weight is 286 g/mol. The molecule has 0 bridgehead atoms. The van der Waals surface area contributed by atoms with Gasteiger partial charge in [-0.3, -0.25) is 4.98 Å². The Morgan fingerprint density at radius 3 is 2.10 bits per heavy atom. The SMILES string of the molecule is Cc1cnc2c(c1Cl)C(C)(C)c1ccccc1C2(C)C. The summed E-state index contributed by atoms with van der Waals surface area (Å²) in [7, 11) is 0. The first-order valence-electron chi connectivity index (χ1n) is 7.04. The highest BCUT2D eigenvalue weighted by molar-refractivity contribution is 6.32. The zero-order chi connectivity index (χ0) is 14.7. The Morgan fingerprint density at radius 1 is 0.950 bits per heavy atom. The maximum absolute atomic E-state index is 6.65. The van der Waals surface area contributed by atoms with Crippen LogP contribution in [0.25, 0.3) is 0 Å². The van der Waals surface area contributed by atoms with Crippen LogP contribution >= 0.6 is 11.6 Å². The lowest BCUT2D eigenvalue weighted by Gasteiger charge is -2.43. The zero-order valence-corrected chi connectivity index (χ0v) is 13.5. The summed E-state index contributed by atoms with van der Waals surface area (Å²) >= 11 is 6.65. The first-order chi connectivity index (χ1) is 9.28. The number of hydrogen-bond acceptors (Lipinski definition) is 1. The molecular formula is C18H20ClN. The van der Waals surface area contributed by atoms with Crippen LogP contribution in [0.2, 0.25) is 5.02 Å². The minimum absolute atomic E-state index is 0.112. The van der Waals surface area contributed by atoms with E-state index in [9.17, 15) is 0 Å². The molecular weight excluding hydrogens is 266 g/mol. The molecule has 0 aliphatic heterocycles. The van der Waals surface area contributed by atoms with E-state index in [1.54, 1.807) is 0 Å². The van der Waals surface area contributed by atoms with Gasteiger partial charge in [0.25, 0.3) is 0 Å². The van der Waals surface area contributed by atoms with Crippen LogP contribution in [-0.2, 0) is 10.8 Å². The van der Waals surface area contributed by atoms with Crippen molar-refractivity contribution in [2.75, 3.05) is 0 Å². The molecule has 1 heterocycles. The lowest BCUT2D eigenvalue weighted by molar-refractivity contribution is 0.505. The van der Waals surface area contributed by atoms with Gasteiger partial charge in [0.05, 0.1) is 10.7 Å². The molecule has 0 amide bonds. The van der Waals surface area contributed by atoms with Gasteiger partial charge < -0.3 is 0 Å². The van der Waals surface area contributed by atoms with Crippen molar-refractivity contribution < 1.29 is 0 Å². The Hall–Kier alpha value is -1.34. The van der Waals surface area contributed by atoms with Crippen LogP contribution in [0.4, 0.5) is 0 Å². The normalized spacial score (nSPS) is 18.3. The Labute approximate surface area is 126 Å². The van der Waals surface area contributed by atoms with Crippen LogP contribution in [0.1, 0.15) is 55.6 Å². The largest absolute Gasteiger partial charge is 0.260 e. The minimum Gasteiger partial charge on any atom is -0.260 e. The van der Waals surface area contributed by atoms with E-state index in [0.29, 0.717) is 0 Å². The third-order valence-corrected chi connectivity index (χ3v) is 5.17. The molecule has 0 atom stereocenters. The van der Waals surface area contributed by atoms with Crippen molar-refractivity contribution in [1.29, 1.82) is 0 Å². The molecule has 104 valence electrons. The fraction of sp³-hybridized carbons (Fsp3) is 0.389. The summed E-state index contributed by atoms with van der Waals surface area (Å²) in [6.45, 7) is 11.0. The molecule has 0 N–H and O–H groups in total. The number of pyridine rings is 1. The summed E-state index contributed by atoms with van der Waals surface area (Å²) in [6.07, 6.45) is 1.90. The first-order valence-corrected chi connectivity index (χ1v) is 7.41. The number of benzene rings is 1. The number of fused-ring (bicyclic) bond motifs is 2. The molecule has 1 aliphatic carbocycles. The molecule has 1 aliphatic rings. The maximum Gasteiger partial charge on any atom is 0.0559 e. The smallest absolute Gasteiger partial charge is 0.0559 e. The van der Waals surface area contributed by atoms with E-state index in [0.717, 1.165) is 16.3 Å². The molecule has 2 aromatic rings. The lowest BCUT2D eigenvalue weighted by atomic mass is 9.61. The van der Waals surface area contributed by atoms with Crippen LogP contribution in [0.5, 0.6) is 0 Å². The predicted octanol–water partition coefficient (Wildman–Crippen LogP) is 5.01.